The normalized spacial score (nSPS) is 11.1. The second-order valence-corrected chi connectivity index (χ2v) is 5.55. The lowest BCUT2D eigenvalue weighted by molar-refractivity contribution is 0.0383. The van der Waals surface area contributed by atoms with Gasteiger partial charge in [0, 0.05) is 0 Å². The largest absolute Gasteiger partial charge is 0.459 e. The molecule has 0 fully saturated rings. The van der Waals surface area contributed by atoms with Crippen LogP contribution in [0.2, 0.25) is 0 Å². The van der Waals surface area contributed by atoms with Crippen LogP contribution >= 0.6 is 23.6 Å². The molecule has 5 nitrogen and oxygen atoms in total. The molecule has 0 aliphatic rings. The van der Waals surface area contributed by atoms with Crippen LogP contribution in [0.3, 0.4) is 0 Å². The topological polar surface area (TPSA) is 75.0 Å². The van der Waals surface area contributed by atoms with E-state index in [1.165, 1.54) is 11.3 Å². The number of hydrogen-bond acceptors (Lipinski definition) is 5. The Labute approximate surface area is 112 Å². The van der Waals surface area contributed by atoms with Gasteiger partial charge >= 0.3 is 5.97 Å². The van der Waals surface area contributed by atoms with Crippen molar-refractivity contribution < 1.29 is 9.53 Å². The van der Waals surface area contributed by atoms with Crippen LogP contribution in [0.4, 0.5) is 0 Å². The molecule has 0 aliphatic heterocycles. The van der Waals surface area contributed by atoms with E-state index in [9.17, 15) is 9.59 Å². The highest BCUT2D eigenvalue weighted by Gasteiger charge is 2.19. The van der Waals surface area contributed by atoms with Crippen molar-refractivity contribution >= 4 is 39.7 Å². The molecule has 0 aliphatic carbocycles. The maximum atomic E-state index is 11.9. The molecule has 0 spiro atoms. The van der Waals surface area contributed by atoms with Crippen LogP contribution in [0.5, 0.6) is 0 Å². The van der Waals surface area contributed by atoms with E-state index in [-0.39, 0.29) is 16.4 Å². The van der Waals surface area contributed by atoms with Crippen molar-refractivity contribution in [3.8, 4) is 0 Å². The van der Waals surface area contributed by atoms with Gasteiger partial charge in [0.1, 0.15) is 9.71 Å². The van der Waals surface area contributed by atoms with E-state index in [2.05, 4.69) is 9.97 Å². The second kappa shape index (κ2) is 4.66. The number of esters is 1. The Bertz CT molecular complexity index is 724. The van der Waals surface area contributed by atoms with Crippen LogP contribution in [0.15, 0.2) is 4.79 Å². The molecule has 0 atom stereocenters. The van der Waals surface area contributed by atoms with E-state index < -0.39 is 5.97 Å². The third-order valence-electron chi connectivity index (χ3n) is 2.36. The molecular weight excluding hydrogens is 272 g/mol. The molecule has 0 aromatic carbocycles. The first-order valence-corrected chi connectivity index (χ1v) is 6.59. The number of H-pyrrole nitrogens is 2. The van der Waals surface area contributed by atoms with E-state index in [0.717, 1.165) is 0 Å². The first kappa shape index (κ1) is 13.0. The molecule has 18 heavy (non-hydrogen) atoms. The summed E-state index contributed by atoms with van der Waals surface area (Å²) in [7, 11) is 0. The van der Waals surface area contributed by atoms with Gasteiger partial charge in [-0.05, 0) is 38.6 Å². The maximum Gasteiger partial charge on any atom is 0.348 e. The molecule has 2 aromatic rings. The van der Waals surface area contributed by atoms with Crippen LogP contribution in [0.25, 0.3) is 10.2 Å². The Hall–Kier alpha value is -1.47. The molecule has 7 heteroatoms. The SMILES string of the molecule is Cc1c(C(=O)OC(C)C)sc2[nH]c(=S)[nH]c(=O)c12. The molecule has 0 saturated heterocycles. The average molecular weight is 284 g/mol. The molecule has 2 rings (SSSR count). The van der Waals surface area contributed by atoms with E-state index in [4.69, 9.17) is 17.0 Å². The number of rotatable bonds is 2. The van der Waals surface area contributed by atoms with E-state index in [1.54, 1.807) is 20.8 Å². The van der Waals surface area contributed by atoms with Crippen LogP contribution in [-0.4, -0.2) is 22.0 Å². The minimum Gasteiger partial charge on any atom is -0.459 e. The summed E-state index contributed by atoms with van der Waals surface area (Å²) in [6, 6.07) is 0. The summed E-state index contributed by atoms with van der Waals surface area (Å²) in [6.07, 6.45) is -0.195. The molecule has 0 amide bonds. The minimum absolute atomic E-state index is 0.195. The summed E-state index contributed by atoms with van der Waals surface area (Å²) >= 11 is 6.08. The summed E-state index contributed by atoms with van der Waals surface area (Å²) in [5.41, 5.74) is 0.333. The molecule has 96 valence electrons. The fourth-order valence-corrected chi connectivity index (χ4v) is 2.99. The van der Waals surface area contributed by atoms with Crippen LogP contribution in [0.1, 0.15) is 29.1 Å². The molecule has 2 aromatic heterocycles. The number of carbonyl (C=O) groups excluding carboxylic acids is 1. The summed E-state index contributed by atoms with van der Waals surface area (Å²) in [6.45, 7) is 5.28. The predicted molar refractivity (Wildman–Crippen MR) is 72.9 cm³/mol. The Balaban J connectivity index is 2.65. The van der Waals surface area contributed by atoms with Crippen molar-refractivity contribution in [1.82, 2.24) is 9.97 Å². The lowest BCUT2D eigenvalue weighted by Gasteiger charge is -2.06. The number of thiophene rings is 1. The standard InChI is InChI=1S/C11H12N2O3S2/c1-4(2)16-10(15)7-5(3)6-8(14)12-11(17)13-9(6)18-7/h4H,1-3H3,(H2,12,13,14,17). The zero-order valence-corrected chi connectivity index (χ0v) is 11.8. The average Bonchev–Trinajstić information content (AvgIpc) is 2.54. The molecular formula is C11H12N2O3S2. The molecule has 0 saturated carbocycles. The molecule has 2 heterocycles. The third kappa shape index (κ3) is 2.23. The first-order chi connectivity index (χ1) is 8.40. The first-order valence-electron chi connectivity index (χ1n) is 5.37. The Morgan fingerprint density at radius 1 is 1.39 bits per heavy atom. The fourth-order valence-electron chi connectivity index (χ4n) is 1.64. The Kier molecular flexibility index (Phi) is 3.36. The van der Waals surface area contributed by atoms with Gasteiger partial charge in [-0.3, -0.25) is 9.78 Å². The zero-order chi connectivity index (χ0) is 13.4. The van der Waals surface area contributed by atoms with Gasteiger partial charge in [-0.25, -0.2) is 4.79 Å². The predicted octanol–water partition coefficient (Wildman–Crippen LogP) is 2.52. The Morgan fingerprint density at radius 2 is 2.06 bits per heavy atom. The lowest BCUT2D eigenvalue weighted by atomic mass is 10.2. The van der Waals surface area contributed by atoms with Gasteiger partial charge in [0.2, 0.25) is 0 Å². The quantitative estimate of drug-likeness (QED) is 0.656. The van der Waals surface area contributed by atoms with Crippen LogP contribution in [-0.2, 0) is 4.74 Å². The molecule has 2 N–H and O–H groups in total. The summed E-state index contributed by atoms with van der Waals surface area (Å²) < 4.78 is 5.38. The van der Waals surface area contributed by atoms with Crippen molar-refractivity contribution in [2.45, 2.75) is 26.9 Å². The van der Waals surface area contributed by atoms with Gasteiger partial charge in [0.15, 0.2) is 4.77 Å². The molecule has 0 unspecified atom stereocenters. The number of ether oxygens (including phenoxy) is 1. The van der Waals surface area contributed by atoms with Gasteiger partial charge in [-0.1, -0.05) is 0 Å². The number of aromatic amines is 2. The number of carbonyl (C=O) groups is 1. The van der Waals surface area contributed by atoms with Crippen LogP contribution < -0.4 is 5.56 Å². The Morgan fingerprint density at radius 3 is 2.67 bits per heavy atom. The van der Waals surface area contributed by atoms with Crippen molar-refractivity contribution in [2.75, 3.05) is 0 Å². The third-order valence-corrected chi connectivity index (χ3v) is 3.75. The van der Waals surface area contributed by atoms with Gasteiger partial charge in [-0.2, -0.15) is 0 Å². The van der Waals surface area contributed by atoms with Gasteiger partial charge in [-0.15, -0.1) is 11.3 Å². The number of fused-ring (bicyclic) bond motifs is 1. The summed E-state index contributed by atoms with van der Waals surface area (Å²) in [4.78, 5) is 30.1. The summed E-state index contributed by atoms with van der Waals surface area (Å²) in [5, 5.41) is 0.462. The molecule has 0 radical (unpaired) electrons. The fraction of sp³-hybridized carbons (Fsp3) is 0.364. The van der Waals surface area contributed by atoms with Gasteiger partial charge in [0.05, 0.1) is 11.5 Å². The minimum atomic E-state index is -0.414. The highest BCUT2D eigenvalue weighted by atomic mass is 32.1. The van der Waals surface area contributed by atoms with E-state index in [0.29, 0.717) is 20.7 Å². The van der Waals surface area contributed by atoms with Crippen molar-refractivity contribution in [1.29, 1.82) is 0 Å². The zero-order valence-electron chi connectivity index (χ0n) is 10.1. The highest BCUT2D eigenvalue weighted by Crippen LogP contribution is 2.27. The lowest BCUT2D eigenvalue weighted by Crippen LogP contribution is -2.12. The number of aryl methyl sites for hydroxylation is 1. The van der Waals surface area contributed by atoms with Crippen molar-refractivity contribution in [2.24, 2.45) is 0 Å². The van der Waals surface area contributed by atoms with Crippen molar-refractivity contribution in [3.05, 3.63) is 25.6 Å². The smallest absolute Gasteiger partial charge is 0.348 e. The monoisotopic (exact) mass is 284 g/mol. The van der Waals surface area contributed by atoms with E-state index in [1.807, 2.05) is 0 Å². The maximum absolute atomic E-state index is 11.9. The van der Waals surface area contributed by atoms with Gasteiger partial charge in [0.25, 0.3) is 5.56 Å². The number of aromatic nitrogens is 2. The molecule has 0 bridgehead atoms. The highest BCUT2D eigenvalue weighted by molar-refractivity contribution is 7.71. The van der Waals surface area contributed by atoms with E-state index >= 15 is 0 Å². The summed E-state index contributed by atoms with van der Waals surface area (Å²) in [5.74, 6) is -0.414. The number of nitrogens with one attached hydrogen (secondary N) is 2. The van der Waals surface area contributed by atoms with Crippen LogP contribution in [0, 0.1) is 11.7 Å². The van der Waals surface area contributed by atoms with Crippen molar-refractivity contribution in [3.63, 3.8) is 0 Å². The van der Waals surface area contributed by atoms with Gasteiger partial charge < -0.3 is 9.72 Å². The number of hydrogen-bond donors (Lipinski definition) is 2. The second-order valence-electron chi connectivity index (χ2n) is 4.12.